The van der Waals surface area contributed by atoms with Crippen LogP contribution in [0.2, 0.25) is 5.02 Å². The summed E-state index contributed by atoms with van der Waals surface area (Å²) in [5.41, 5.74) is -0.224. The smallest absolute Gasteiger partial charge is 0.335 e. The largest absolute Gasteiger partial charge is 0.493 e. The number of nitrogens with zero attached hydrogens (tertiary/aromatic N) is 3. The number of carbonyl (C=O) groups is 1. The molecule has 0 unspecified atom stereocenters. The van der Waals surface area contributed by atoms with Gasteiger partial charge in [-0.25, -0.2) is 14.4 Å². The highest BCUT2D eigenvalue weighted by Gasteiger charge is 2.35. The molecule has 1 atom stereocenters. The second-order valence-electron chi connectivity index (χ2n) is 6.87. The number of aromatic amines is 1. The van der Waals surface area contributed by atoms with Crippen LogP contribution in [-0.2, 0) is 4.79 Å². The minimum absolute atomic E-state index is 0.155. The molecule has 30 heavy (non-hydrogen) atoms. The van der Waals surface area contributed by atoms with Gasteiger partial charge < -0.3 is 5.11 Å². The summed E-state index contributed by atoms with van der Waals surface area (Å²) in [6, 6.07) is 7.86. The van der Waals surface area contributed by atoms with Gasteiger partial charge in [0.15, 0.2) is 0 Å². The van der Waals surface area contributed by atoms with Gasteiger partial charge in [0.05, 0.1) is 17.4 Å². The average Bonchev–Trinajstić information content (AvgIpc) is 3.27. The summed E-state index contributed by atoms with van der Waals surface area (Å²) in [6.07, 6.45) is 0.228. The van der Waals surface area contributed by atoms with E-state index >= 15 is 0 Å². The number of rotatable bonds is 3. The summed E-state index contributed by atoms with van der Waals surface area (Å²) < 4.78 is 0.951. The highest BCUT2D eigenvalue weighted by atomic mass is 35.5. The fraction of sp³-hybridized carbons (Fsp3) is 0.200. The molecule has 3 heterocycles. The first-order valence-electron chi connectivity index (χ1n) is 9.03. The van der Waals surface area contributed by atoms with Crippen molar-refractivity contribution in [1.29, 1.82) is 0 Å². The normalized spacial score (nSPS) is 16.0. The zero-order chi connectivity index (χ0) is 21.6. The Morgan fingerprint density at radius 3 is 2.73 bits per heavy atom. The number of amides is 1. The van der Waals surface area contributed by atoms with Crippen LogP contribution in [0.1, 0.15) is 35.4 Å². The highest BCUT2D eigenvalue weighted by molar-refractivity contribution is 7.10. The number of benzene rings is 1. The maximum atomic E-state index is 12.6. The van der Waals surface area contributed by atoms with Crippen LogP contribution in [0.5, 0.6) is 5.88 Å². The molecular weight excluding hydrogens is 428 g/mol. The Balaban J connectivity index is 1.87. The molecule has 1 aliphatic heterocycles. The van der Waals surface area contributed by atoms with E-state index in [0.29, 0.717) is 5.02 Å². The molecule has 0 bridgehead atoms. The van der Waals surface area contributed by atoms with Crippen LogP contribution in [0.15, 0.2) is 50.4 Å². The summed E-state index contributed by atoms with van der Waals surface area (Å²) in [5, 5.41) is 18.8. The van der Waals surface area contributed by atoms with E-state index in [2.05, 4.69) is 10.1 Å². The van der Waals surface area contributed by atoms with Crippen molar-refractivity contribution in [2.45, 2.75) is 26.3 Å². The third-order valence-corrected chi connectivity index (χ3v) is 6.23. The van der Waals surface area contributed by atoms with E-state index in [1.54, 1.807) is 18.2 Å². The van der Waals surface area contributed by atoms with Gasteiger partial charge in [0.1, 0.15) is 5.56 Å². The van der Waals surface area contributed by atoms with Crippen LogP contribution in [0.25, 0.3) is 5.69 Å². The SMILES string of the molecule is CC(=O)N1N=C(c2c(O)n(-c3cccc(Cl)c3)c(=O)[nH]c2=O)C[C@H]1c1sccc1C. The molecule has 1 aromatic carbocycles. The van der Waals surface area contributed by atoms with E-state index in [0.717, 1.165) is 15.0 Å². The van der Waals surface area contributed by atoms with E-state index < -0.39 is 17.1 Å². The van der Waals surface area contributed by atoms with Gasteiger partial charge in [0, 0.05) is 23.2 Å². The number of H-pyrrole nitrogens is 1. The molecule has 2 aromatic heterocycles. The molecule has 0 aliphatic carbocycles. The number of nitrogens with one attached hydrogen (secondary N) is 1. The van der Waals surface area contributed by atoms with E-state index in [4.69, 9.17) is 11.6 Å². The van der Waals surface area contributed by atoms with Crippen LogP contribution < -0.4 is 11.2 Å². The molecule has 1 aliphatic rings. The predicted octanol–water partition coefficient (Wildman–Crippen LogP) is 2.95. The summed E-state index contributed by atoms with van der Waals surface area (Å²) in [5.74, 6) is -0.848. The van der Waals surface area contributed by atoms with Crippen LogP contribution >= 0.6 is 22.9 Å². The van der Waals surface area contributed by atoms with Gasteiger partial charge in [-0.05, 0) is 42.1 Å². The molecule has 1 amide bonds. The fourth-order valence-corrected chi connectivity index (χ4v) is 4.72. The van der Waals surface area contributed by atoms with Gasteiger partial charge in [-0.1, -0.05) is 17.7 Å². The minimum atomic E-state index is -0.809. The monoisotopic (exact) mass is 444 g/mol. The Hall–Kier alpha value is -3.17. The molecular formula is C20H17ClN4O4S. The standard InChI is InChI=1S/C20H17ClN4O4S/c1-10-6-7-30-17(10)15-9-14(23-25(15)11(2)26)16-18(27)22-20(29)24(19(16)28)13-5-3-4-12(21)8-13/h3-8,15,28H,9H2,1-2H3,(H,22,27,29)/t15-/m0/s1. The van der Waals surface area contributed by atoms with Crippen LogP contribution in [0.4, 0.5) is 0 Å². The molecule has 0 saturated carbocycles. The van der Waals surface area contributed by atoms with Crippen molar-refractivity contribution in [2.75, 3.05) is 0 Å². The number of carbonyl (C=O) groups excluding carboxylic acids is 1. The lowest BCUT2D eigenvalue weighted by Crippen LogP contribution is -2.33. The maximum Gasteiger partial charge on any atom is 0.335 e. The number of hydrogen-bond acceptors (Lipinski definition) is 6. The molecule has 8 nitrogen and oxygen atoms in total. The van der Waals surface area contributed by atoms with Gasteiger partial charge in [-0.15, -0.1) is 11.3 Å². The molecule has 154 valence electrons. The Labute approximate surface area is 179 Å². The Morgan fingerprint density at radius 2 is 2.10 bits per heavy atom. The first-order chi connectivity index (χ1) is 14.3. The van der Waals surface area contributed by atoms with Crippen molar-refractivity contribution in [3.05, 3.63) is 77.6 Å². The van der Waals surface area contributed by atoms with Crippen molar-refractivity contribution in [1.82, 2.24) is 14.6 Å². The topological polar surface area (TPSA) is 108 Å². The zero-order valence-electron chi connectivity index (χ0n) is 16.0. The van der Waals surface area contributed by atoms with Crippen LogP contribution in [0.3, 0.4) is 0 Å². The fourth-order valence-electron chi connectivity index (χ4n) is 3.52. The Morgan fingerprint density at radius 1 is 1.33 bits per heavy atom. The lowest BCUT2D eigenvalue weighted by atomic mass is 10.0. The van der Waals surface area contributed by atoms with Gasteiger partial charge in [-0.2, -0.15) is 5.10 Å². The highest BCUT2D eigenvalue weighted by Crippen LogP contribution is 2.37. The third kappa shape index (κ3) is 3.35. The summed E-state index contributed by atoms with van der Waals surface area (Å²) >= 11 is 7.50. The van der Waals surface area contributed by atoms with E-state index in [9.17, 15) is 19.5 Å². The summed E-state index contributed by atoms with van der Waals surface area (Å²) in [7, 11) is 0. The minimum Gasteiger partial charge on any atom is -0.493 e. The van der Waals surface area contributed by atoms with E-state index in [1.165, 1.54) is 29.3 Å². The van der Waals surface area contributed by atoms with Gasteiger partial charge in [0.25, 0.3) is 5.56 Å². The molecule has 2 N–H and O–H groups in total. The Bertz CT molecular complexity index is 1310. The number of aromatic nitrogens is 2. The molecule has 4 rings (SSSR count). The van der Waals surface area contributed by atoms with Gasteiger partial charge >= 0.3 is 5.69 Å². The molecule has 0 fully saturated rings. The summed E-state index contributed by atoms with van der Waals surface area (Å²) in [4.78, 5) is 40.4. The summed E-state index contributed by atoms with van der Waals surface area (Å²) in [6.45, 7) is 3.32. The molecule has 10 heteroatoms. The van der Waals surface area contributed by atoms with Crippen molar-refractivity contribution in [3.63, 3.8) is 0 Å². The lowest BCUT2D eigenvalue weighted by molar-refractivity contribution is -0.130. The second-order valence-corrected chi connectivity index (χ2v) is 8.26. The van der Waals surface area contributed by atoms with Crippen molar-refractivity contribution in [3.8, 4) is 11.6 Å². The number of thiophene rings is 1. The number of hydrazone groups is 1. The van der Waals surface area contributed by atoms with E-state index in [-0.39, 0.29) is 35.3 Å². The zero-order valence-corrected chi connectivity index (χ0v) is 17.6. The first-order valence-corrected chi connectivity index (χ1v) is 10.3. The number of halogens is 1. The third-order valence-electron chi connectivity index (χ3n) is 4.88. The van der Waals surface area contributed by atoms with E-state index in [1.807, 2.05) is 18.4 Å². The molecule has 0 radical (unpaired) electrons. The lowest BCUT2D eigenvalue weighted by Gasteiger charge is -2.19. The van der Waals surface area contributed by atoms with Gasteiger partial charge in [0.2, 0.25) is 11.8 Å². The average molecular weight is 445 g/mol. The second kappa shape index (κ2) is 7.58. The first kappa shape index (κ1) is 20.1. The number of aryl methyl sites for hydroxylation is 1. The number of aromatic hydroxyl groups is 1. The molecule has 0 spiro atoms. The van der Waals surface area contributed by atoms with Gasteiger partial charge in [-0.3, -0.25) is 14.6 Å². The predicted molar refractivity (Wildman–Crippen MR) is 115 cm³/mol. The molecule has 0 saturated heterocycles. The van der Waals surface area contributed by atoms with Crippen molar-refractivity contribution in [2.24, 2.45) is 5.10 Å². The van der Waals surface area contributed by atoms with Crippen molar-refractivity contribution >= 4 is 34.6 Å². The van der Waals surface area contributed by atoms with Crippen LogP contribution in [0, 0.1) is 6.92 Å². The Kier molecular flexibility index (Phi) is 5.08. The number of hydrogen-bond donors (Lipinski definition) is 2. The van der Waals surface area contributed by atoms with Crippen LogP contribution in [-0.4, -0.2) is 31.3 Å². The quantitative estimate of drug-likeness (QED) is 0.647. The maximum absolute atomic E-state index is 12.6. The molecule has 3 aromatic rings. The van der Waals surface area contributed by atoms with Crippen molar-refractivity contribution < 1.29 is 9.90 Å².